The van der Waals surface area contributed by atoms with Crippen molar-refractivity contribution in [3.63, 3.8) is 0 Å². The molecule has 0 aliphatic carbocycles. The predicted molar refractivity (Wildman–Crippen MR) is 81.4 cm³/mol. The molecule has 21 heavy (non-hydrogen) atoms. The van der Waals surface area contributed by atoms with Gasteiger partial charge in [0, 0.05) is 5.69 Å². The van der Waals surface area contributed by atoms with E-state index in [0.29, 0.717) is 5.69 Å². The molecule has 108 valence electrons. The fourth-order valence-electron chi connectivity index (χ4n) is 2.14. The molecular formula is C15H15N3O3. The van der Waals surface area contributed by atoms with E-state index in [0.717, 1.165) is 11.1 Å². The molecule has 0 unspecified atom stereocenters. The molecule has 0 saturated carbocycles. The van der Waals surface area contributed by atoms with Crippen LogP contribution in [0.25, 0.3) is 0 Å². The number of rotatable bonds is 3. The van der Waals surface area contributed by atoms with Crippen LogP contribution in [0.5, 0.6) is 0 Å². The minimum absolute atomic E-state index is 0.0332. The summed E-state index contributed by atoms with van der Waals surface area (Å²) in [4.78, 5) is 22.8. The van der Waals surface area contributed by atoms with Gasteiger partial charge in [0.15, 0.2) is 0 Å². The van der Waals surface area contributed by atoms with Crippen molar-refractivity contribution in [2.45, 2.75) is 13.8 Å². The lowest BCUT2D eigenvalue weighted by atomic mass is 10.1. The molecule has 6 nitrogen and oxygen atoms in total. The highest BCUT2D eigenvalue weighted by Crippen LogP contribution is 2.27. The van der Waals surface area contributed by atoms with Gasteiger partial charge in [-0.05, 0) is 37.1 Å². The summed E-state index contributed by atoms with van der Waals surface area (Å²) in [6.45, 7) is 3.72. The summed E-state index contributed by atoms with van der Waals surface area (Å²) in [6, 6.07) is 9.89. The van der Waals surface area contributed by atoms with Crippen LogP contribution in [-0.2, 0) is 0 Å². The Balaban J connectivity index is 2.43. The van der Waals surface area contributed by atoms with Crippen molar-refractivity contribution in [1.82, 2.24) is 0 Å². The largest absolute Gasteiger partial charge is 0.393 e. The number of carbonyl (C=O) groups excluding carboxylic acids is 1. The van der Waals surface area contributed by atoms with Gasteiger partial charge >= 0.3 is 5.69 Å². The number of nitro groups is 1. The van der Waals surface area contributed by atoms with Crippen molar-refractivity contribution < 1.29 is 9.72 Å². The Morgan fingerprint density at radius 1 is 1.14 bits per heavy atom. The maximum absolute atomic E-state index is 12.3. The number of nitrogens with one attached hydrogen (secondary N) is 1. The Hall–Kier alpha value is -2.89. The van der Waals surface area contributed by atoms with Gasteiger partial charge in [-0.1, -0.05) is 24.3 Å². The monoisotopic (exact) mass is 285 g/mol. The zero-order valence-electron chi connectivity index (χ0n) is 11.7. The van der Waals surface area contributed by atoms with Crippen LogP contribution in [-0.4, -0.2) is 10.8 Å². The van der Waals surface area contributed by atoms with Crippen molar-refractivity contribution >= 4 is 23.0 Å². The van der Waals surface area contributed by atoms with E-state index >= 15 is 0 Å². The maximum atomic E-state index is 12.3. The molecule has 0 heterocycles. The van der Waals surface area contributed by atoms with Crippen LogP contribution in [0.4, 0.5) is 17.1 Å². The molecule has 0 aliphatic heterocycles. The molecule has 0 aliphatic rings. The predicted octanol–water partition coefficient (Wildman–Crippen LogP) is 3.05. The average Bonchev–Trinajstić information content (AvgIpc) is 2.42. The van der Waals surface area contributed by atoms with E-state index in [1.807, 2.05) is 32.0 Å². The van der Waals surface area contributed by atoms with E-state index in [1.165, 1.54) is 18.2 Å². The zero-order valence-corrected chi connectivity index (χ0v) is 11.7. The van der Waals surface area contributed by atoms with Gasteiger partial charge in [0.05, 0.1) is 4.92 Å². The molecular weight excluding hydrogens is 270 g/mol. The van der Waals surface area contributed by atoms with E-state index in [9.17, 15) is 14.9 Å². The standard InChI is InChI=1S/C15H15N3O3/c1-9-5-3-6-10(2)13(9)17-15(19)11-7-4-8-12(16)14(11)18(20)21/h3-8H,16H2,1-2H3,(H,17,19). The minimum Gasteiger partial charge on any atom is -0.393 e. The van der Waals surface area contributed by atoms with E-state index < -0.39 is 10.8 Å². The second kappa shape index (κ2) is 5.62. The summed E-state index contributed by atoms with van der Waals surface area (Å²) in [6.07, 6.45) is 0. The van der Waals surface area contributed by atoms with Crippen LogP contribution in [0.3, 0.4) is 0 Å². The van der Waals surface area contributed by atoms with Gasteiger partial charge in [0.25, 0.3) is 5.91 Å². The molecule has 0 bridgehead atoms. The molecule has 6 heteroatoms. The number of nitro benzene ring substituents is 1. The maximum Gasteiger partial charge on any atom is 0.304 e. The number of nitrogens with two attached hydrogens (primary N) is 1. The highest BCUT2D eigenvalue weighted by atomic mass is 16.6. The van der Waals surface area contributed by atoms with E-state index in [2.05, 4.69) is 5.32 Å². The van der Waals surface area contributed by atoms with Crippen molar-refractivity contribution in [3.05, 3.63) is 63.2 Å². The number of amides is 1. The molecule has 3 N–H and O–H groups in total. The first kappa shape index (κ1) is 14.5. The van der Waals surface area contributed by atoms with Crippen molar-refractivity contribution in [3.8, 4) is 0 Å². The smallest absolute Gasteiger partial charge is 0.304 e. The summed E-state index contributed by atoms with van der Waals surface area (Å²) < 4.78 is 0. The Labute approximate surface area is 121 Å². The summed E-state index contributed by atoms with van der Waals surface area (Å²) in [5.74, 6) is -0.550. The highest BCUT2D eigenvalue weighted by Gasteiger charge is 2.23. The van der Waals surface area contributed by atoms with Crippen molar-refractivity contribution in [2.75, 3.05) is 11.1 Å². The van der Waals surface area contributed by atoms with Gasteiger partial charge < -0.3 is 11.1 Å². The average molecular weight is 285 g/mol. The van der Waals surface area contributed by atoms with Crippen LogP contribution in [0.2, 0.25) is 0 Å². The summed E-state index contributed by atoms with van der Waals surface area (Å²) in [5.41, 5.74) is 7.55. The molecule has 2 aromatic carbocycles. The molecule has 1 amide bonds. The number of aryl methyl sites for hydroxylation is 2. The highest BCUT2D eigenvalue weighted by molar-refractivity contribution is 6.08. The van der Waals surface area contributed by atoms with E-state index in [-0.39, 0.29) is 16.9 Å². The number of carbonyl (C=O) groups is 1. The van der Waals surface area contributed by atoms with Gasteiger partial charge in [0.1, 0.15) is 11.3 Å². The van der Waals surface area contributed by atoms with Gasteiger partial charge in [-0.25, -0.2) is 0 Å². The van der Waals surface area contributed by atoms with Gasteiger partial charge in [-0.3, -0.25) is 14.9 Å². The Kier molecular flexibility index (Phi) is 3.89. The number of nitrogen functional groups attached to an aromatic ring is 1. The Morgan fingerprint density at radius 3 is 2.29 bits per heavy atom. The molecule has 0 radical (unpaired) electrons. The Bertz CT molecular complexity index is 706. The minimum atomic E-state index is -0.644. The number of benzene rings is 2. The van der Waals surface area contributed by atoms with Crippen LogP contribution in [0.1, 0.15) is 21.5 Å². The number of anilines is 2. The van der Waals surface area contributed by atoms with Crippen molar-refractivity contribution in [1.29, 1.82) is 0 Å². The third-order valence-electron chi connectivity index (χ3n) is 3.21. The Morgan fingerprint density at radius 2 is 1.71 bits per heavy atom. The summed E-state index contributed by atoms with van der Waals surface area (Å²) in [5, 5.41) is 13.8. The molecule has 0 atom stereocenters. The first-order valence-electron chi connectivity index (χ1n) is 6.32. The number of para-hydroxylation sites is 2. The quantitative estimate of drug-likeness (QED) is 0.514. The lowest BCUT2D eigenvalue weighted by molar-refractivity contribution is -0.384. The number of hydrogen-bond acceptors (Lipinski definition) is 4. The third kappa shape index (κ3) is 2.84. The molecule has 2 rings (SSSR count). The lowest BCUT2D eigenvalue weighted by Crippen LogP contribution is -2.16. The van der Waals surface area contributed by atoms with Gasteiger partial charge in [-0.15, -0.1) is 0 Å². The zero-order chi connectivity index (χ0) is 15.6. The number of hydrogen-bond donors (Lipinski definition) is 2. The lowest BCUT2D eigenvalue weighted by Gasteiger charge is -2.12. The fraction of sp³-hybridized carbons (Fsp3) is 0.133. The van der Waals surface area contributed by atoms with Crippen molar-refractivity contribution in [2.24, 2.45) is 0 Å². The topological polar surface area (TPSA) is 98.3 Å². The van der Waals surface area contributed by atoms with Gasteiger partial charge in [0.2, 0.25) is 0 Å². The van der Waals surface area contributed by atoms with E-state index in [4.69, 9.17) is 5.73 Å². The van der Waals surface area contributed by atoms with Crippen LogP contribution < -0.4 is 11.1 Å². The number of nitrogens with zero attached hydrogens (tertiary/aromatic N) is 1. The fourth-order valence-corrected chi connectivity index (χ4v) is 2.14. The molecule has 0 fully saturated rings. The second-order valence-electron chi connectivity index (χ2n) is 4.72. The molecule has 0 aromatic heterocycles. The summed E-state index contributed by atoms with van der Waals surface area (Å²) in [7, 11) is 0. The van der Waals surface area contributed by atoms with Crippen LogP contribution in [0.15, 0.2) is 36.4 Å². The SMILES string of the molecule is Cc1cccc(C)c1NC(=O)c1cccc(N)c1[N+](=O)[O-]. The molecule has 2 aromatic rings. The third-order valence-corrected chi connectivity index (χ3v) is 3.21. The molecule has 0 saturated heterocycles. The van der Waals surface area contributed by atoms with Crippen LogP contribution >= 0.6 is 0 Å². The normalized spacial score (nSPS) is 10.2. The van der Waals surface area contributed by atoms with Gasteiger partial charge in [-0.2, -0.15) is 0 Å². The summed E-state index contributed by atoms with van der Waals surface area (Å²) >= 11 is 0. The molecule has 0 spiro atoms. The first-order chi connectivity index (χ1) is 9.91. The van der Waals surface area contributed by atoms with Crippen LogP contribution in [0, 0.1) is 24.0 Å². The van der Waals surface area contributed by atoms with E-state index in [1.54, 1.807) is 0 Å². The second-order valence-corrected chi connectivity index (χ2v) is 4.72. The first-order valence-corrected chi connectivity index (χ1v) is 6.32.